The molecule has 0 fully saturated rings. The summed E-state index contributed by atoms with van der Waals surface area (Å²) < 4.78 is 12.8. The summed E-state index contributed by atoms with van der Waals surface area (Å²) in [6.07, 6.45) is 0. The Morgan fingerprint density at radius 1 is 1.29 bits per heavy atom. The van der Waals surface area contributed by atoms with Crippen LogP contribution in [0.1, 0.15) is 25.5 Å². The highest BCUT2D eigenvalue weighted by Crippen LogP contribution is 2.28. The number of hydrogen-bond donors (Lipinski definition) is 2. The topological polar surface area (TPSA) is 49.3 Å². The van der Waals surface area contributed by atoms with Crippen LogP contribution >= 0.6 is 0 Å². The van der Waals surface area contributed by atoms with Crippen molar-refractivity contribution >= 4 is 5.97 Å². The van der Waals surface area contributed by atoms with E-state index in [1.165, 1.54) is 12.1 Å². The first-order valence-electron chi connectivity index (χ1n) is 5.63. The first-order chi connectivity index (χ1) is 7.97. The summed E-state index contributed by atoms with van der Waals surface area (Å²) in [5, 5.41) is 12.2. The van der Waals surface area contributed by atoms with E-state index < -0.39 is 11.9 Å². The van der Waals surface area contributed by atoms with Crippen molar-refractivity contribution in [2.75, 3.05) is 7.05 Å². The quantitative estimate of drug-likeness (QED) is 0.829. The van der Waals surface area contributed by atoms with E-state index in [9.17, 15) is 14.3 Å². The maximum Gasteiger partial charge on any atom is 0.308 e. The lowest BCUT2D eigenvalue weighted by atomic mass is 9.84. The monoisotopic (exact) mass is 239 g/mol. The Labute approximate surface area is 101 Å². The molecule has 0 saturated carbocycles. The fourth-order valence-electron chi connectivity index (χ4n) is 2.04. The van der Waals surface area contributed by atoms with Gasteiger partial charge >= 0.3 is 5.97 Å². The maximum atomic E-state index is 12.8. The SMILES string of the molecule is CNC(c1ccc(F)cc1)C(C(=O)O)C(C)C. The van der Waals surface area contributed by atoms with Crippen LogP contribution < -0.4 is 5.32 Å². The molecule has 4 heteroatoms. The standard InChI is InChI=1S/C13H18FNO2/c1-8(2)11(13(16)17)12(15-3)9-4-6-10(14)7-5-9/h4-8,11-12,15H,1-3H3,(H,16,17). The second-order valence-corrected chi connectivity index (χ2v) is 4.43. The second kappa shape index (κ2) is 5.77. The number of rotatable bonds is 5. The maximum absolute atomic E-state index is 12.8. The van der Waals surface area contributed by atoms with E-state index in [1.54, 1.807) is 19.2 Å². The predicted molar refractivity (Wildman–Crippen MR) is 64.2 cm³/mol. The van der Waals surface area contributed by atoms with Crippen LogP contribution in [0.15, 0.2) is 24.3 Å². The summed E-state index contributed by atoms with van der Waals surface area (Å²) in [6.45, 7) is 3.74. The number of benzene rings is 1. The first-order valence-corrected chi connectivity index (χ1v) is 5.63. The number of carbonyl (C=O) groups is 1. The van der Waals surface area contributed by atoms with Crippen LogP contribution in [0.5, 0.6) is 0 Å². The molecule has 2 unspecified atom stereocenters. The third-order valence-corrected chi connectivity index (χ3v) is 2.90. The molecule has 1 aromatic rings. The Balaban J connectivity index is 3.04. The van der Waals surface area contributed by atoms with E-state index in [1.807, 2.05) is 13.8 Å². The summed E-state index contributed by atoms with van der Waals surface area (Å²) in [6, 6.07) is 5.62. The minimum Gasteiger partial charge on any atom is -0.481 e. The lowest BCUT2D eigenvalue weighted by Gasteiger charge is -2.26. The average molecular weight is 239 g/mol. The normalized spacial score (nSPS) is 14.6. The molecule has 1 rings (SSSR count). The molecule has 0 amide bonds. The van der Waals surface area contributed by atoms with E-state index in [-0.39, 0.29) is 17.8 Å². The van der Waals surface area contributed by atoms with Crippen molar-refractivity contribution in [2.24, 2.45) is 11.8 Å². The van der Waals surface area contributed by atoms with E-state index in [4.69, 9.17) is 0 Å². The van der Waals surface area contributed by atoms with Crippen molar-refractivity contribution < 1.29 is 14.3 Å². The third kappa shape index (κ3) is 3.27. The molecule has 0 radical (unpaired) electrons. The summed E-state index contributed by atoms with van der Waals surface area (Å²) in [5.41, 5.74) is 0.787. The van der Waals surface area contributed by atoms with Crippen LogP contribution in [-0.2, 0) is 4.79 Å². The van der Waals surface area contributed by atoms with Crippen LogP contribution in [-0.4, -0.2) is 18.1 Å². The summed E-state index contributed by atoms with van der Waals surface area (Å²) in [4.78, 5) is 11.3. The number of aliphatic carboxylic acids is 1. The van der Waals surface area contributed by atoms with Gasteiger partial charge in [-0.1, -0.05) is 26.0 Å². The molecule has 0 aromatic heterocycles. The number of halogens is 1. The summed E-state index contributed by atoms with van der Waals surface area (Å²) in [7, 11) is 1.71. The zero-order valence-electron chi connectivity index (χ0n) is 10.3. The van der Waals surface area contributed by atoms with Gasteiger partial charge in [0.15, 0.2) is 0 Å². The highest BCUT2D eigenvalue weighted by atomic mass is 19.1. The highest BCUT2D eigenvalue weighted by Gasteiger charge is 2.30. The number of nitrogens with one attached hydrogen (secondary N) is 1. The molecule has 17 heavy (non-hydrogen) atoms. The van der Waals surface area contributed by atoms with Crippen LogP contribution in [0.2, 0.25) is 0 Å². The van der Waals surface area contributed by atoms with Gasteiger partial charge in [0.25, 0.3) is 0 Å². The molecule has 0 saturated heterocycles. The molecule has 2 N–H and O–H groups in total. The van der Waals surface area contributed by atoms with Crippen LogP contribution in [0.3, 0.4) is 0 Å². The zero-order chi connectivity index (χ0) is 13.0. The number of carboxylic acids is 1. The smallest absolute Gasteiger partial charge is 0.308 e. The molecule has 0 heterocycles. The van der Waals surface area contributed by atoms with Gasteiger partial charge in [0.2, 0.25) is 0 Å². The Hall–Kier alpha value is -1.42. The Bertz CT molecular complexity index is 376. The molecule has 0 spiro atoms. The van der Waals surface area contributed by atoms with E-state index in [0.29, 0.717) is 0 Å². The first kappa shape index (κ1) is 13.6. The highest BCUT2D eigenvalue weighted by molar-refractivity contribution is 5.71. The van der Waals surface area contributed by atoms with E-state index in [0.717, 1.165) is 5.56 Å². The van der Waals surface area contributed by atoms with Gasteiger partial charge in [-0.3, -0.25) is 4.79 Å². The van der Waals surface area contributed by atoms with Gasteiger partial charge in [-0.15, -0.1) is 0 Å². The van der Waals surface area contributed by atoms with Gasteiger partial charge in [-0.05, 0) is 30.7 Å². The van der Waals surface area contributed by atoms with Crippen LogP contribution in [0.25, 0.3) is 0 Å². The lowest BCUT2D eigenvalue weighted by molar-refractivity contribution is -0.144. The molecule has 2 atom stereocenters. The number of carboxylic acid groups (broad SMARTS) is 1. The van der Waals surface area contributed by atoms with Crippen molar-refractivity contribution in [3.8, 4) is 0 Å². The molecule has 1 aromatic carbocycles. The molecule has 0 aliphatic heterocycles. The van der Waals surface area contributed by atoms with Gasteiger partial charge in [0.05, 0.1) is 5.92 Å². The fourth-order valence-corrected chi connectivity index (χ4v) is 2.04. The third-order valence-electron chi connectivity index (χ3n) is 2.90. The lowest BCUT2D eigenvalue weighted by Crippen LogP contribution is -2.34. The largest absolute Gasteiger partial charge is 0.481 e. The van der Waals surface area contributed by atoms with Crippen LogP contribution in [0, 0.1) is 17.7 Å². The molecular formula is C13H18FNO2. The van der Waals surface area contributed by atoms with E-state index in [2.05, 4.69) is 5.32 Å². The van der Waals surface area contributed by atoms with Gasteiger partial charge in [0.1, 0.15) is 5.82 Å². The molecule has 3 nitrogen and oxygen atoms in total. The molecular weight excluding hydrogens is 221 g/mol. The summed E-state index contributed by atoms with van der Waals surface area (Å²) >= 11 is 0. The fraction of sp³-hybridized carbons (Fsp3) is 0.462. The molecule has 0 bridgehead atoms. The Morgan fingerprint density at radius 3 is 2.18 bits per heavy atom. The predicted octanol–water partition coefficient (Wildman–Crippen LogP) is 2.44. The molecule has 0 aliphatic carbocycles. The van der Waals surface area contributed by atoms with Gasteiger partial charge in [-0.25, -0.2) is 4.39 Å². The summed E-state index contributed by atoms with van der Waals surface area (Å²) in [5.74, 6) is -1.70. The van der Waals surface area contributed by atoms with Gasteiger partial charge in [-0.2, -0.15) is 0 Å². The van der Waals surface area contributed by atoms with Crippen molar-refractivity contribution in [3.63, 3.8) is 0 Å². The van der Waals surface area contributed by atoms with E-state index >= 15 is 0 Å². The minimum atomic E-state index is -0.844. The van der Waals surface area contributed by atoms with Crippen molar-refractivity contribution in [1.29, 1.82) is 0 Å². The average Bonchev–Trinajstić information content (AvgIpc) is 2.26. The van der Waals surface area contributed by atoms with Crippen molar-refractivity contribution in [2.45, 2.75) is 19.9 Å². The minimum absolute atomic E-state index is 0.00463. The van der Waals surface area contributed by atoms with Crippen LogP contribution in [0.4, 0.5) is 4.39 Å². The Morgan fingerprint density at radius 2 is 1.82 bits per heavy atom. The molecule has 0 aliphatic rings. The number of hydrogen-bond acceptors (Lipinski definition) is 2. The van der Waals surface area contributed by atoms with Crippen molar-refractivity contribution in [3.05, 3.63) is 35.6 Å². The second-order valence-electron chi connectivity index (χ2n) is 4.43. The van der Waals surface area contributed by atoms with Gasteiger partial charge < -0.3 is 10.4 Å². The molecule has 94 valence electrons. The van der Waals surface area contributed by atoms with Crippen molar-refractivity contribution in [1.82, 2.24) is 5.32 Å². The van der Waals surface area contributed by atoms with Gasteiger partial charge in [0, 0.05) is 6.04 Å². The zero-order valence-corrected chi connectivity index (χ0v) is 10.3. The Kier molecular flexibility index (Phi) is 4.63.